The number of ether oxygens (including phenoxy) is 1. The van der Waals surface area contributed by atoms with Crippen LogP contribution in [-0.4, -0.2) is 22.4 Å². The number of carbonyl (C=O) groups excluding carboxylic acids is 1. The fraction of sp³-hybridized carbons (Fsp3) is 0.185. The number of hydrogen-bond donors (Lipinski definition) is 0. The van der Waals surface area contributed by atoms with Crippen molar-refractivity contribution in [2.75, 3.05) is 11.5 Å². The third kappa shape index (κ3) is 6.53. The molecule has 0 amide bonds. The molecule has 0 saturated heterocycles. The fourth-order valence-corrected chi connectivity index (χ4v) is 5.43. The van der Waals surface area contributed by atoms with Gasteiger partial charge >= 0.3 is 5.97 Å². The van der Waals surface area contributed by atoms with Crippen LogP contribution < -0.4 is 4.90 Å². The van der Waals surface area contributed by atoms with E-state index >= 15 is 0 Å². The predicted octanol–water partition coefficient (Wildman–Crippen LogP) is 9.24. The number of halogens is 6. The second-order valence-corrected chi connectivity index (χ2v) is 10.7. The Labute approximate surface area is 250 Å². The van der Waals surface area contributed by atoms with Crippen molar-refractivity contribution in [3.63, 3.8) is 0 Å². The highest BCUT2D eigenvalue weighted by atomic mass is 35.5. The SMILES string of the molecule is CCOC(=O)c1cn(Cc2c(Cl)cccc2Cl)nc1N(Cc1c(Cl)cccc1Cl)Cc1c(Cl)cccc1Cl. The Hall–Kier alpha value is -2.12. The molecule has 3 aromatic carbocycles. The standard InChI is InChI=1S/C27H21Cl6N3O2/c1-2-38-27(37)19-15-36(14-18-24(32)10-5-11-25(18)33)34-26(19)35(12-16-20(28)6-3-7-21(16)29)13-17-22(30)8-4-9-23(17)31/h3-11,15H,2,12-14H2,1H3. The van der Waals surface area contributed by atoms with Crippen LogP contribution in [0, 0.1) is 0 Å². The van der Waals surface area contributed by atoms with Crippen molar-refractivity contribution >= 4 is 81.4 Å². The summed E-state index contributed by atoms with van der Waals surface area (Å²) in [5.41, 5.74) is 2.20. The summed E-state index contributed by atoms with van der Waals surface area (Å²) in [6, 6.07) is 15.7. The molecule has 0 fully saturated rings. The van der Waals surface area contributed by atoms with E-state index in [2.05, 4.69) is 0 Å². The Kier molecular flexibility index (Phi) is 9.74. The van der Waals surface area contributed by atoms with Crippen LogP contribution in [0.4, 0.5) is 5.82 Å². The molecule has 4 rings (SSSR count). The zero-order chi connectivity index (χ0) is 27.4. The largest absolute Gasteiger partial charge is 0.462 e. The molecule has 4 aromatic rings. The van der Waals surface area contributed by atoms with Gasteiger partial charge in [0.15, 0.2) is 5.82 Å². The molecule has 0 N–H and O–H groups in total. The third-order valence-corrected chi connectivity index (χ3v) is 7.86. The van der Waals surface area contributed by atoms with Crippen molar-refractivity contribution in [3.05, 3.63) is 113 Å². The number of aromatic nitrogens is 2. The normalized spacial score (nSPS) is 11.0. The molecule has 0 aliphatic carbocycles. The van der Waals surface area contributed by atoms with Gasteiger partial charge in [-0.05, 0) is 43.3 Å². The maximum atomic E-state index is 13.1. The average Bonchev–Trinajstić information content (AvgIpc) is 3.29. The van der Waals surface area contributed by atoms with E-state index in [4.69, 9.17) is 79.4 Å². The van der Waals surface area contributed by atoms with Gasteiger partial charge in [0.25, 0.3) is 0 Å². The Morgan fingerprint density at radius 1 is 0.763 bits per heavy atom. The van der Waals surface area contributed by atoms with Crippen molar-refractivity contribution in [2.45, 2.75) is 26.6 Å². The minimum Gasteiger partial charge on any atom is -0.462 e. The first-order chi connectivity index (χ1) is 18.2. The average molecular weight is 632 g/mol. The van der Waals surface area contributed by atoms with Gasteiger partial charge in [-0.3, -0.25) is 4.68 Å². The highest BCUT2D eigenvalue weighted by molar-refractivity contribution is 6.37. The molecule has 1 aromatic heterocycles. The van der Waals surface area contributed by atoms with Crippen molar-refractivity contribution in [1.82, 2.24) is 9.78 Å². The lowest BCUT2D eigenvalue weighted by molar-refractivity contribution is 0.0527. The first-order valence-corrected chi connectivity index (χ1v) is 13.7. The van der Waals surface area contributed by atoms with Crippen LogP contribution in [0.3, 0.4) is 0 Å². The predicted molar refractivity (Wildman–Crippen MR) is 157 cm³/mol. The maximum Gasteiger partial charge on any atom is 0.343 e. The van der Waals surface area contributed by atoms with Gasteiger partial charge < -0.3 is 9.64 Å². The number of carbonyl (C=O) groups is 1. The number of anilines is 1. The van der Waals surface area contributed by atoms with E-state index in [1.165, 1.54) is 0 Å². The van der Waals surface area contributed by atoms with E-state index in [1.54, 1.807) is 72.4 Å². The quantitative estimate of drug-likeness (QED) is 0.173. The molecule has 0 bridgehead atoms. The molecule has 38 heavy (non-hydrogen) atoms. The molecule has 0 aliphatic rings. The molecule has 1 heterocycles. The van der Waals surface area contributed by atoms with E-state index in [0.29, 0.717) is 52.6 Å². The first-order valence-electron chi connectivity index (χ1n) is 11.5. The van der Waals surface area contributed by atoms with Crippen LogP contribution in [-0.2, 0) is 24.4 Å². The number of hydrogen-bond acceptors (Lipinski definition) is 4. The summed E-state index contributed by atoms with van der Waals surface area (Å²) in [4.78, 5) is 14.9. The van der Waals surface area contributed by atoms with E-state index in [-0.39, 0.29) is 31.8 Å². The molecule has 0 spiro atoms. The highest BCUT2D eigenvalue weighted by Crippen LogP contribution is 2.34. The van der Waals surface area contributed by atoms with Crippen molar-refractivity contribution in [3.8, 4) is 0 Å². The zero-order valence-electron chi connectivity index (χ0n) is 20.0. The molecular weight excluding hydrogens is 611 g/mol. The summed E-state index contributed by atoms with van der Waals surface area (Å²) in [6.45, 7) is 2.55. The van der Waals surface area contributed by atoms with Gasteiger partial charge in [0.05, 0.1) is 13.2 Å². The van der Waals surface area contributed by atoms with E-state index < -0.39 is 5.97 Å². The zero-order valence-corrected chi connectivity index (χ0v) is 24.6. The Balaban J connectivity index is 1.85. The summed E-state index contributed by atoms with van der Waals surface area (Å²) >= 11 is 38.9. The van der Waals surface area contributed by atoms with Gasteiger partial charge in [0.1, 0.15) is 5.56 Å². The lowest BCUT2D eigenvalue weighted by atomic mass is 10.1. The molecule has 11 heteroatoms. The summed E-state index contributed by atoms with van der Waals surface area (Å²) < 4.78 is 6.94. The smallest absolute Gasteiger partial charge is 0.343 e. The monoisotopic (exact) mass is 629 g/mol. The number of esters is 1. The summed E-state index contributed by atoms with van der Waals surface area (Å²) in [5.74, 6) is -0.210. The second kappa shape index (κ2) is 12.8. The Morgan fingerprint density at radius 3 is 1.61 bits per heavy atom. The topological polar surface area (TPSA) is 47.4 Å². The van der Waals surface area contributed by atoms with Gasteiger partial charge in [0.2, 0.25) is 0 Å². The van der Waals surface area contributed by atoms with Crippen LogP contribution in [0.2, 0.25) is 30.1 Å². The number of benzene rings is 3. The van der Waals surface area contributed by atoms with Crippen LogP contribution in [0.25, 0.3) is 0 Å². The molecule has 198 valence electrons. The van der Waals surface area contributed by atoms with Crippen LogP contribution in [0.15, 0.2) is 60.8 Å². The first kappa shape index (κ1) is 28.9. The van der Waals surface area contributed by atoms with E-state index in [9.17, 15) is 4.79 Å². The van der Waals surface area contributed by atoms with Gasteiger partial charge in [-0.15, -0.1) is 0 Å². The Morgan fingerprint density at radius 2 is 1.18 bits per heavy atom. The molecule has 5 nitrogen and oxygen atoms in total. The number of rotatable bonds is 9. The van der Waals surface area contributed by atoms with E-state index in [1.807, 2.05) is 4.90 Å². The van der Waals surface area contributed by atoms with Crippen LogP contribution in [0.5, 0.6) is 0 Å². The van der Waals surface area contributed by atoms with Gasteiger partial charge in [0, 0.05) is 66.1 Å². The Bertz CT molecular complexity index is 1360. The molecular formula is C27H21Cl6N3O2. The number of nitrogens with zero attached hydrogens (tertiary/aromatic N) is 3. The minimum absolute atomic E-state index is 0.187. The van der Waals surface area contributed by atoms with Crippen molar-refractivity contribution < 1.29 is 9.53 Å². The summed E-state index contributed by atoms with van der Waals surface area (Å²) in [7, 11) is 0. The summed E-state index contributed by atoms with van der Waals surface area (Å²) in [5, 5.41) is 7.58. The van der Waals surface area contributed by atoms with Gasteiger partial charge in [-0.2, -0.15) is 5.10 Å². The highest BCUT2D eigenvalue weighted by Gasteiger charge is 2.26. The summed E-state index contributed by atoms with van der Waals surface area (Å²) in [6.07, 6.45) is 1.60. The molecule has 0 radical (unpaired) electrons. The third-order valence-electron chi connectivity index (χ3n) is 5.74. The van der Waals surface area contributed by atoms with Crippen LogP contribution >= 0.6 is 69.6 Å². The lowest BCUT2D eigenvalue weighted by Crippen LogP contribution is -2.25. The minimum atomic E-state index is -0.542. The lowest BCUT2D eigenvalue weighted by Gasteiger charge is -2.25. The van der Waals surface area contributed by atoms with E-state index in [0.717, 1.165) is 0 Å². The van der Waals surface area contributed by atoms with Gasteiger partial charge in [-0.1, -0.05) is 87.8 Å². The molecule has 0 unspecified atom stereocenters. The maximum absolute atomic E-state index is 13.1. The molecule has 0 atom stereocenters. The molecule has 0 aliphatic heterocycles. The second-order valence-electron chi connectivity index (χ2n) is 8.24. The molecule has 0 saturated carbocycles. The fourth-order valence-electron chi connectivity index (χ4n) is 3.88. The van der Waals surface area contributed by atoms with Crippen molar-refractivity contribution in [2.24, 2.45) is 0 Å². The van der Waals surface area contributed by atoms with Crippen molar-refractivity contribution in [1.29, 1.82) is 0 Å². The van der Waals surface area contributed by atoms with Gasteiger partial charge in [-0.25, -0.2) is 4.79 Å². The van der Waals surface area contributed by atoms with Crippen LogP contribution in [0.1, 0.15) is 34.0 Å².